The number of halogens is 4. The average Bonchev–Trinajstić information content (AvgIpc) is 3.09. The van der Waals surface area contributed by atoms with E-state index in [0.717, 1.165) is 27.4 Å². The summed E-state index contributed by atoms with van der Waals surface area (Å²) in [5.74, 6) is 0.255. The molecule has 0 aliphatic carbocycles. The molecule has 0 fully saturated rings. The van der Waals surface area contributed by atoms with Crippen LogP contribution in [-0.2, 0) is 12.8 Å². The van der Waals surface area contributed by atoms with E-state index in [1.165, 1.54) is 23.7 Å². The third-order valence-corrected chi connectivity index (χ3v) is 5.41. The first-order chi connectivity index (χ1) is 13.9. The highest BCUT2D eigenvalue weighted by Crippen LogP contribution is 2.39. The van der Waals surface area contributed by atoms with Crippen molar-refractivity contribution in [1.29, 1.82) is 0 Å². The summed E-state index contributed by atoms with van der Waals surface area (Å²) in [5.41, 5.74) is 2.00. The number of fused-ring (bicyclic) bond motifs is 1. The largest absolute Gasteiger partial charge is 0.488 e. The lowest BCUT2D eigenvalue weighted by Crippen LogP contribution is -2.09. The Labute approximate surface area is 181 Å². The van der Waals surface area contributed by atoms with Crippen molar-refractivity contribution in [2.24, 2.45) is 0 Å². The molecule has 0 saturated heterocycles. The van der Waals surface area contributed by atoms with Gasteiger partial charge in [0, 0.05) is 5.69 Å². The summed E-state index contributed by atoms with van der Waals surface area (Å²) < 4.78 is 47.1. The van der Waals surface area contributed by atoms with E-state index in [9.17, 15) is 13.2 Å². The number of ether oxygens (including phenoxy) is 1. The van der Waals surface area contributed by atoms with Gasteiger partial charge in [-0.15, -0.1) is 23.7 Å². The number of aromatic nitrogens is 2. The molecule has 9 heteroatoms. The predicted molar refractivity (Wildman–Crippen MR) is 115 cm³/mol. The van der Waals surface area contributed by atoms with Crippen LogP contribution in [0.25, 0.3) is 10.2 Å². The van der Waals surface area contributed by atoms with Gasteiger partial charge >= 0.3 is 6.18 Å². The number of rotatable bonds is 5. The van der Waals surface area contributed by atoms with E-state index in [4.69, 9.17) is 4.74 Å². The van der Waals surface area contributed by atoms with Crippen LogP contribution in [0.15, 0.2) is 60.2 Å². The van der Waals surface area contributed by atoms with Crippen LogP contribution >= 0.6 is 23.7 Å². The fourth-order valence-corrected chi connectivity index (χ4v) is 3.83. The van der Waals surface area contributed by atoms with Crippen LogP contribution in [0.4, 0.5) is 24.7 Å². The first-order valence-electron chi connectivity index (χ1n) is 8.75. The Kier molecular flexibility index (Phi) is 6.48. The van der Waals surface area contributed by atoms with E-state index >= 15 is 0 Å². The van der Waals surface area contributed by atoms with Crippen LogP contribution in [0.2, 0.25) is 0 Å². The highest BCUT2D eigenvalue weighted by molar-refractivity contribution is 7.18. The van der Waals surface area contributed by atoms with Crippen molar-refractivity contribution in [2.75, 3.05) is 5.32 Å². The van der Waals surface area contributed by atoms with Gasteiger partial charge in [0.05, 0.1) is 15.8 Å². The SMILES string of the molecule is Cc1csc2c(Nc3ccc(OCc4ccccc4)c(C(F)(F)F)c3)ncnc12.Cl. The molecule has 0 unspecified atom stereocenters. The molecule has 0 radical (unpaired) electrons. The average molecular weight is 452 g/mol. The molecule has 0 spiro atoms. The summed E-state index contributed by atoms with van der Waals surface area (Å²) >= 11 is 1.44. The van der Waals surface area contributed by atoms with Gasteiger partial charge in [0.2, 0.25) is 0 Å². The Morgan fingerprint density at radius 3 is 2.57 bits per heavy atom. The molecule has 4 rings (SSSR count). The van der Waals surface area contributed by atoms with E-state index in [2.05, 4.69) is 15.3 Å². The topological polar surface area (TPSA) is 47.0 Å². The molecule has 0 aliphatic heterocycles. The van der Waals surface area contributed by atoms with E-state index in [0.29, 0.717) is 5.82 Å². The standard InChI is InChI=1S/C21H16F3N3OS.ClH/c1-13-11-29-19-18(13)25-12-26-20(19)27-15-7-8-17(16(9-15)21(22,23)24)28-10-14-5-3-2-4-6-14;/h2-9,11-12H,10H2,1H3,(H,25,26,27);1H. The maximum absolute atomic E-state index is 13.6. The Hall–Kier alpha value is -2.84. The minimum absolute atomic E-state index is 0. The van der Waals surface area contributed by atoms with Gasteiger partial charge in [-0.1, -0.05) is 30.3 Å². The normalized spacial score (nSPS) is 11.2. The third-order valence-electron chi connectivity index (χ3n) is 4.32. The maximum atomic E-state index is 13.6. The predicted octanol–water partition coefficient (Wildman–Crippen LogP) is 6.76. The zero-order chi connectivity index (χ0) is 20.4. The molecule has 156 valence electrons. The van der Waals surface area contributed by atoms with E-state index in [1.54, 1.807) is 18.2 Å². The molecule has 0 amide bonds. The Balaban J connectivity index is 0.00000256. The summed E-state index contributed by atoms with van der Waals surface area (Å²) in [6.45, 7) is 1.98. The van der Waals surface area contributed by atoms with E-state index < -0.39 is 11.7 Å². The second-order valence-electron chi connectivity index (χ2n) is 6.43. The fourth-order valence-electron chi connectivity index (χ4n) is 2.89. The van der Waals surface area contributed by atoms with E-state index in [-0.39, 0.29) is 30.5 Å². The highest BCUT2D eigenvalue weighted by atomic mass is 35.5. The van der Waals surface area contributed by atoms with Gasteiger partial charge in [-0.2, -0.15) is 13.2 Å². The Morgan fingerprint density at radius 1 is 1.07 bits per heavy atom. The van der Waals surface area contributed by atoms with Gasteiger partial charge in [-0.05, 0) is 41.6 Å². The molecule has 4 nitrogen and oxygen atoms in total. The van der Waals surface area contributed by atoms with Crippen LogP contribution < -0.4 is 10.1 Å². The zero-order valence-electron chi connectivity index (χ0n) is 15.7. The number of thiophene rings is 1. The molecule has 0 bridgehead atoms. The Morgan fingerprint density at radius 2 is 1.83 bits per heavy atom. The summed E-state index contributed by atoms with van der Waals surface area (Å²) in [6.07, 6.45) is -3.16. The number of benzene rings is 2. The molecule has 0 aliphatic rings. The summed E-state index contributed by atoms with van der Waals surface area (Å²) in [7, 11) is 0. The molecule has 30 heavy (non-hydrogen) atoms. The first kappa shape index (κ1) is 21.9. The minimum Gasteiger partial charge on any atom is -0.488 e. The van der Waals surface area contributed by atoms with Gasteiger partial charge in [-0.3, -0.25) is 0 Å². The number of hydrogen-bond donors (Lipinski definition) is 1. The number of hydrogen-bond acceptors (Lipinski definition) is 5. The monoisotopic (exact) mass is 451 g/mol. The molecule has 2 heterocycles. The van der Waals surface area contributed by atoms with Crippen molar-refractivity contribution in [3.63, 3.8) is 0 Å². The van der Waals surface area contributed by atoms with Crippen molar-refractivity contribution in [1.82, 2.24) is 9.97 Å². The number of aryl methyl sites for hydroxylation is 1. The molecule has 1 N–H and O–H groups in total. The van der Waals surface area contributed by atoms with Crippen LogP contribution in [0.1, 0.15) is 16.7 Å². The smallest absolute Gasteiger partial charge is 0.420 e. The lowest BCUT2D eigenvalue weighted by molar-refractivity contribution is -0.139. The van der Waals surface area contributed by atoms with Crippen molar-refractivity contribution in [2.45, 2.75) is 19.7 Å². The van der Waals surface area contributed by atoms with Crippen LogP contribution in [0.5, 0.6) is 5.75 Å². The number of nitrogens with one attached hydrogen (secondary N) is 1. The number of nitrogens with zero attached hydrogens (tertiary/aromatic N) is 2. The number of anilines is 2. The summed E-state index contributed by atoms with van der Waals surface area (Å²) in [6, 6.07) is 13.0. The Bertz CT molecular complexity index is 1150. The van der Waals surface area contributed by atoms with Gasteiger partial charge < -0.3 is 10.1 Å². The molecular weight excluding hydrogens is 435 g/mol. The third kappa shape index (κ3) is 4.66. The fraction of sp³-hybridized carbons (Fsp3) is 0.143. The zero-order valence-corrected chi connectivity index (χ0v) is 17.4. The van der Waals surface area contributed by atoms with Crippen molar-refractivity contribution in [3.8, 4) is 5.75 Å². The molecule has 2 aromatic heterocycles. The lowest BCUT2D eigenvalue weighted by Gasteiger charge is -2.16. The lowest BCUT2D eigenvalue weighted by atomic mass is 10.1. The van der Waals surface area contributed by atoms with Gasteiger partial charge in [0.1, 0.15) is 18.7 Å². The minimum atomic E-state index is -4.55. The van der Waals surface area contributed by atoms with Crippen molar-refractivity contribution >= 4 is 45.5 Å². The quantitative estimate of drug-likeness (QED) is 0.364. The highest BCUT2D eigenvalue weighted by Gasteiger charge is 2.35. The van der Waals surface area contributed by atoms with Crippen LogP contribution in [0.3, 0.4) is 0 Å². The maximum Gasteiger partial charge on any atom is 0.420 e. The van der Waals surface area contributed by atoms with Crippen molar-refractivity contribution < 1.29 is 17.9 Å². The summed E-state index contributed by atoms with van der Waals surface area (Å²) in [4.78, 5) is 8.41. The van der Waals surface area contributed by atoms with Crippen LogP contribution in [0, 0.1) is 6.92 Å². The molecule has 4 aromatic rings. The molecule has 0 atom stereocenters. The van der Waals surface area contributed by atoms with Gasteiger partial charge in [0.15, 0.2) is 5.82 Å². The second-order valence-corrected chi connectivity index (χ2v) is 7.31. The molecule has 2 aromatic carbocycles. The molecule has 0 saturated carbocycles. The van der Waals surface area contributed by atoms with E-state index in [1.807, 2.05) is 30.5 Å². The second kappa shape index (κ2) is 8.89. The summed E-state index contributed by atoms with van der Waals surface area (Å²) in [5, 5.41) is 4.91. The van der Waals surface area contributed by atoms with Gasteiger partial charge in [0.25, 0.3) is 0 Å². The number of alkyl halides is 3. The first-order valence-corrected chi connectivity index (χ1v) is 9.63. The molecular formula is C21H17ClF3N3OS. The van der Waals surface area contributed by atoms with Crippen molar-refractivity contribution in [3.05, 3.63) is 76.9 Å². The van der Waals surface area contributed by atoms with Crippen LogP contribution in [-0.4, -0.2) is 9.97 Å². The van der Waals surface area contributed by atoms with Gasteiger partial charge in [-0.25, -0.2) is 9.97 Å².